The van der Waals surface area contributed by atoms with Crippen LogP contribution in [0, 0.1) is 0 Å². The van der Waals surface area contributed by atoms with Crippen LogP contribution in [0.15, 0.2) is 0 Å². The summed E-state index contributed by atoms with van der Waals surface area (Å²) in [5.74, 6) is 0. The Morgan fingerprint density at radius 2 is 1.20 bits per heavy atom. The maximum absolute atomic E-state index is 0. The van der Waals surface area contributed by atoms with Crippen LogP contribution in [0.25, 0.3) is 0 Å². The van der Waals surface area contributed by atoms with Gasteiger partial charge in [-0.2, -0.15) is 0 Å². The summed E-state index contributed by atoms with van der Waals surface area (Å²) in [4.78, 5) is 0. The molecule has 0 aliphatic heterocycles. The maximum atomic E-state index is 0. The van der Waals surface area contributed by atoms with Gasteiger partial charge in [-0.1, -0.05) is 0 Å². The zero-order chi connectivity index (χ0) is 0. The monoisotopic (exact) mass is 535 g/mol. The topological polar surface area (TPSA) is 0 Å². The van der Waals surface area contributed by atoms with Crippen LogP contribution in [-0.4, -0.2) is 97.6 Å². The summed E-state index contributed by atoms with van der Waals surface area (Å²) >= 11 is 0. The first kappa shape index (κ1) is 37.1. The van der Waals surface area contributed by atoms with Crippen LogP contribution in [0.5, 0.6) is 0 Å². The van der Waals surface area contributed by atoms with E-state index in [-0.39, 0.29) is 118 Å². The fourth-order valence-corrected chi connectivity index (χ4v) is 0. The third-order valence-corrected chi connectivity index (χ3v) is 0. The molecule has 0 spiro atoms. The summed E-state index contributed by atoms with van der Waals surface area (Å²) < 4.78 is 0. The standard InChI is InChI=1S/Bi.Cr.Mg.Sb.Sn.9H/q;;+2;;;;;;;;;;2*-1. The van der Waals surface area contributed by atoms with Gasteiger partial charge in [-0.3, -0.25) is 0 Å². The molecule has 0 aromatic carbocycles. The normalized spacial score (nSPS) is 0. The van der Waals surface area contributed by atoms with E-state index in [4.69, 9.17) is 0 Å². The van der Waals surface area contributed by atoms with Crippen LogP contribution in [0.3, 0.4) is 0 Å². The van der Waals surface area contributed by atoms with Gasteiger partial charge in [0.2, 0.25) is 0 Å². The summed E-state index contributed by atoms with van der Waals surface area (Å²) in [6.45, 7) is 0. The van der Waals surface area contributed by atoms with Crippen LogP contribution >= 0.6 is 0 Å². The Morgan fingerprint density at radius 1 is 1.20 bits per heavy atom. The van der Waals surface area contributed by atoms with Crippen molar-refractivity contribution in [2.45, 2.75) is 0 Å². The summed E-state index contributed by atoms with van der Waals surface area (Å²) in [7, 11) is 0. The molecule has 0 saturated carbocycles. The molecule has 0 atom stereocenters. The first-order valence-electron chi connectivity index (χ1n) is 0. The van der Waals surface area contributed by atoms with Crippen molar-refractivity contribution in [1.29, 1.82) is 0 Å². The molecule has 31 valence electrons. The molecule has 0 aromatic heterocycles. The second-order valence-corrected chi connectivity index (χ2v) is 0. The van der Waals surface area contributed by atoms with Crippen LogP contribution in [0.2, 0.25) is 0 Å². The molecule has 0 N–H and O–H groups in total. The molecule has 5 heavy (non-hydrogen) atoms. The molecule has 0 aliphatic rings. The van der Waals surface area contributed by atoms with Crippen LogP contribution in [-0.2, 0) is 17.4 Å². The second kappa shape index (κ2) is 25.0. The molecule has 0 aromatic rings. The molecule has 0 aliphatic carbocycles. The first-order chi connectivity index (χ1) is 0. The van der Waals surface area contributed by atoms with Gasteiger partial charge < -0.3 is 2.85 Å². The molecule has 0 bridgehead atoms. The van der Waals surface area contributed by atoms with Gasteiger partial charge in [-0.25, -0.2) is 0 Å². The van der Waals surface area contributed by atoms with Crippen LogP contribution < -0.4 is 0 Å². The Hall–Kier alpha value is 3.80. The molecule has 0 nitrogen and oxygen atoms in total. The van der Waals surface area contributed by atoms with Gasteiger partial charge in [-0.05, 0) is 0 Å². The molecule has 3 radical (unpaired) electrons. The van der Waals surface area contributed by atoms with E-state index in [1.165, 1.54) is 0 Å². The molecule has 0 unspecified atom stereocenters. The molecule has 5 heteroatoms. The SMILES string of the molecule is [BiH3].[Cr].[H-].[H-].[Mg+2].[SbH2].[SnH2]. The number of hydrogen-bond donors (Lipinski definition) is 0. The third-order valence-electron chi connectivity index (χ3n) is 0. The Labute approximate surface area is 115 Å². The van der Waals surface area contributed by atoms with Gasteiger partial charge in [0.1, 0.15) is 0 Å². The first-order valence-corrected chi connectivity index (χ1v) is 0. The molecule has 0 fully saturated rings. The second-order valence-electron chi connectivity index (χ2n) is 0. The van der Waals surface area contributed by atoms with Gasteiger partial charge in [0.05, 0.1) is 0 Å². The quantitative estimate of drug-likeness (QED) is 0.288. The summed E-state index contributed by atoms with van der Waals surface area (Å²) in [6, 6.07) is 0. The van der Waals surface area contributed by atoms with E-state index in [0.29, 0.717) is 0 Å². The number of hydrogen-bond acceptors (Lipinski definition) is 0. The van der Waals surface area contributed by atoms with Crippen molar-refractivity contribution < 1.29 is 20.2 Å². The molecule has 0 saturated heterocycles. The molecular weight excluding hydrogens is 526 g/mol. The van der Waals surface area contributed by atoms with E-state index in [1.54, 1.807) is 0 Å². The predicted octanol–water partition coefficient (Wildman–Crippen LogP) is -3.17. The molecule has 0 heterocycles. The minimum absolute atomic E-state index is 0. The van der Waals surface area contributed by atoms with Crippen molar-refractivity contribution >= 4 is 97.6 Å². The average Bonchev–Trinajstić information content (AvgIpc) is 0. The van der Waals surface area contributed by atoms with E-state index < -0.39 is 0 Å². The van der Waals surface area contributed by atoms with Gasteiger partial charge in [0, 0.05) is 17.4 Å². The van der Waals surface area contributed by atoms with Crippen LogP contribution in [0.4, 0.5) is 0 Å². The van der Waals surface area contributed by atoms with Gasteiger partial charge in [0.15, 0.2) is 0 Å². The van der Waals surface area contributed by atoms with Crippen molar-refractivity contribution in [1.82, 2.24) is 0 Å². The Kier molecular flexibility index (Phi) is 185. The van der Waals surface area contributed by atoms with Gasteiger partial charge in [0.25, 0.3) is 0 Å². The van der Waals surface area contributed by atoms with Crippen molar-refractivity contribution in [3.63, 3.8) is 0 Å². The van der Waals surface area contributed by atoms with E-state index in [1.807, 2.05) is 0 Å². The van der Waals surface area contributed by atoms with E-state index in [0.717, 1.165) is 0 Å². The minimum atomic E-state index is 0. The van der Waals surface area contributed by atoms with Gasteiger partial charge in [-0.15, -0.1) is 0 Å². The summed E-state index contributed by atoms with van der Waals surface area (Å²) in [6.07, 6.45) is 0. The zero-order valence-corrected chi connectivity index (χ0v) is 18.6. The van der Waals surface area contributed by atoms with Crippen molar-refractivity contribution in [3.05, 3.63) is 0 Å². The fourth-order valence-electron chi connectivity index (χ4n) is 0. The van der Waals surface area contributed by atoms with Gasteiger partial charge >= 0.3 is 97.6 Å². The van der Waals surface area contributed by atoms with Crippen LogP contribution in [0.1, 0.15) is 2.85 Å². The molecule has 0 rings (SSSR count). The van der Waals surface area contributed by atoms with E-state index >= 15 is 0 Å². The molecular formula is H9BiCrMgSbSn. The van der Waals surface area contributed by atoms with E-state index in [9.17, 15) is 0 Å². The Morgan fingerprint density at radius 3 is 1.20 bits per heavy atom. The zero-order valence-electron chi connectivity index (χ0n) is 5.11. The van der Waals surface area contributed by atoms with Crippen molar-refractivity contribution in [2.24, 2.45) is 0 Å². The Balaban J connectivity index is 0. The third kappa shape index (κ3) is 18.2. The number of rotatable bonds is 0. The Bertz CT molecular complexity index is 17.7. The summed E-state index contributed by atoms with van der Waals surface area (Å²) in [5, 5.41) is 0. The molecule has 0 amide bonds. The fraction of sp³-hybridized carbons (Fsp3) is 0. The predicted molar refractivity (Wildman–Crippen MR) is 35.0 cm³/mol. The van der Waals surface area contributed by atoms with Crippen molar-refractivity contribution in [2.75, 3.05) is 0 Å². The average molecular weight is 535 g/mol. The van der Waals surface area contributed by atoms with E-state index in [2.05, 4.69) is 0 Å². The van der Waals surface area contributed by atoms with Crippen molar-refractivity contribution in [3.8, 4) is 0 Å². The summed E-state index contributed by atoms with van der Waals surface area (Å²) in [5.41, 5.74) is 0.